The van der Waals surface area contributed by atoms with Gasteiger partial charge in [-0.25, -0.2) is 0 Å². The van der Waals surface area contributed by atoms with Crippen molar-refractivity contribution < 1.29 is 20.8 Å². The van der Waals surface area contributed by atoms with Crippen LogP contribution < -0.4 is 0 Å². The van der Waals surface area contributed by atoms with E-state index in [-0.39, 0.29) is 5.41 Å². The second-order valence-corrected chi connectivity index (χ2v) is 20.4. The third kappa shape index (κ3) is 5.47. The normalized spacial score (nSPS) is 18.4. The van der Waals surface area contributed by atoms with Gasteiger partial charge in [-0.2, -0.15) is 0 Å². The van der Waals surface area contributed by atoms with Crippen LogP contribution in [-0.2, 0) is 26.3 Å². The number of halogens is 2. The number of hydrogen-bond donors (Lipinski definition) is 0. The summed E-state index contributed by atoms with van der Waals surface area (Å²) in [5, 5.41) is 0. The first-order valence-corrected chi connectivity index (χ1v) is 22.0. The summed E-state index contributed by atoms with van der Waals surface area (Å²) in [6.45, 7) is 23.9. The molecule has 1 atom stereocenters. The first-order chi connectivity index (χ1) is 16.3. The third-order valence-electron chi connectivity index (χ3n) is 8.44. The van der Waals surface area contributed by atoms with E-state index >= 15 is 0 Å². The van der Waals surface area contributed by atoms with Crippen molar-refractivity contribution in [1.82, 2.24) is 0 Å². The predicted molar refractivity (Wildman–Crippen MR) is 157 cm³/mol. The Labute approximate surface area is 233 Å². The molecular weight excluding hydrogens is 563 g/mol. The maximum absolute atomic E-state index is 4.93. The van der Waals surface area contributed by atoms with E-state index in [2.05, 4.69) is 117 Å². The molecule has 0 aliphatic heterocycles. The molecule has 4 rings (SSSR count). The molecule has 2 aromatic rings. The van der Waals surface area contributed by atoms with E-state index in [1.807, 2.05) is 0 Å². The van der Waals surface area contributed by atoms with Crippen LogP contribution in [0.25, 0.3) is 17.2 Å². The fraction of sp³-hybridized carbons (Fsp3) is 0.419. The Hall–Kier alpha value is -0.660. The number of rotatable bonds is 3. The van der Waals surface area contributed by atoms with Crippen LogP contribution in [0.5, 0.6) is 0 Å². The van der Waals surface area contributed by atoms with Gasteiger partial charge in [-0.1, -0.05) is 99.1 Å². The van der Waals surface area contributed by atoms with Crippen molar-refractivity contribution in [2.75, 3.05) is 0 Å². The second kappa shape index (κ2) is 11.0. The van der Waals surface area contributed by atoms with Crippen molar-refractivity contribution >= 4 is 31.2 Å². The molecule has 1 unspecified atom stereocenters. The molecule has 2 aliphatic carbocycles. The molecule has 0 saturated heterocycles. The molecular formula is C31H40Cl2SiZr. The molecule has 186 valence electrons. The Morgan fingerprint density at radius 2 is 1.29 bits per heavy atom. The van der Waals surface area contributed by atoms with Crippen LogP contribution in [0.3, 0.4) is 0 Å². The van der Waals surface area contributed by atoms with E-state index in [4.69, 9.17) is 17.0 Å². The van der Waals surface area contributed by atoms with Crippen molar-refractivity contribution in [1.29, 1.82) is 0 Å². The van der Waals surface area contributed by atoms with Crippen LogP contribution in [-0.4, -0.2) is 8.07 Å². The van der Waals surface area contributed by atoms with Gasteiger partial charge in [0.2, 0.25) is 0 Å². The van der Waals surface area contributed by atoms with Gasteiger partial charge in [0.05, 0.1) is 8.07 Å². The Morgan fingerprint density at radius 3 is 1.77 bits per heavy atom. The van der Waals surface area contributed by atoms with Gasteiger partial charge in [-0.05, 0) is 84.5 Å². The fourth-order valence-corrected chi connectivity index (χ4v) is 11.9. The molecule has 0 nitrogen and oxygen atoms in total. The molecule has 0 aromatic heterocycles. The molecule has 2 aliphatic rings. The molecule has 0 N–H and O–H groups in total. The van der Waals surface area contributed by atoms with Crippen LogP contribution >= 0.6 is 17.0 Å². The summed E-state index contributed by atoms with van der Waals surface area (Å²) < 4.78 is 0. The summed E-state index contributed by atoms with van der Waals surface area (Å²) in [6, 6.07) is 16.3. The zero-order chi connectivity index (χ0) is 26.3. The summed E-state index contributed by atoms with van der Waals surface area (Å²) >= 11 is -0.826. The van der Waals surface area contributed by atoms with E-state index in [9.17, 15) is 0 Å². The van der Waals surface area contributed by atoms with Gasteiger partial charge in [0.25, 0.3) is 0 Å². The van der Waals surface area contributed by atoms with Crippen LogP contribution in [0.15, 0.2) is 70.3 Å². The SMILES string of the molecule is CC1=Cc2c(-c3ccc(C(C)(C)C)cc3)cccc2C1[Si](C)(C)C1C(C)=C(C)C(C)=C1C.[Cl][Zr][Cl]. The van der Waals surface area contributed by atoms with E-state index in [1.165, 1.54) is 33.4 Å². The minimum atomic E-state index is -1.70. The van der Waals surface area contributed by atoms with Crippen LogP contribution in [0.1, 0.15) is 77.6 Å². The molecule has 2 aromatic carbocycles. The number of hydrogen-bond acceptors (Lipinski definition) is 0. The van der Waals surface area contributed by atoms with Gasteiger partial charge in [0, 0.05) is 5.54 Å². The molecule has 0 heterocycles. The Bertz CT molecular complexity index is 1170. The van der Waals surface area contributed by atoms with Gasteiger partial charge < -0.3 is 0 Å². The number of allylic oxidation sites excluding steroid dienone is 5. The average Bonchev–Trinajstić information content (AvgIpc) is 3.23. The Morgan fingerprint density at radius 1 is 0.771 bits per heavy atom. The molecule has 0 amide bonds. The topological polar surface area (TPSA) is 0 Å². The molecule has 0 spiro atoms. The standard InChI is InChI=1S/C31H40Si.2ClH.Zr/c1-19-18-28-26(24-14-16-25(17-15-24)31(6,7)8)12-11-13-27(28)29(19)32(9,10)30-22(4)20(2)21(3)23(30)5;;;/h11-18,29-30H,1-10H3;2*1H;/q;;;+2/p-2. The Kier molecular flexibility index (Phi) is 9.07. The van der Waals surface area contributed by atoms with Gasteiger partial charge in [-0.15, -0.1) is 0 Å². The zero-order valence-electron chi connectivity index (χ0n) is 23.0. The van der Waals surface area contributed by atoms with Crippen molar-refractivity contribution in [3.05, 3.63) is 87.0 Å². The summed E-state index contributed by atoms with van der Waals surface area (Å²) in [5.74, 6) is 0. The van der Waals surface area contributed by atoms with E-state index in [0.29, 0.717) is 11.1 Å². The van der Waals surface area contributed by atoms with Crippen molar-refractivity contribution in [3.8, 4) is 11.1 Å². The molecule has 0 saturated carbocycles. The monoisotopic (exact) mass is 600 g/mol. The van der Waals surface area contributed by atoms with Crippen LogP contribution in [0.2, 0.25) is 18.6 Å². The van der Waals surface area contributed by atoms with Crippen molar-refractivity contribution in [2.45, 2.75) is 85.0 Å². The first kappa shape index (κ1) is 28.9. The molecule has 0 fully saturated rings. The predicted octanol–water partition coefficient (Wildman–Crippen LogP) is 10.8. The first-order valence-electron chi connectivity index (χ1n) is 12.5. The van der Waals surface area contributed by atoms with Gasteiger partial charge in [0.15, 0.2) is 0 Å². The molecule has 0 bridgehead atoms. The third-order valence-corrected chi connectivity index (χ3v) is 13.0. The second-order valence-electron chi connectivity index (χ2n) is 11.9. The van der Waals surface area contributed by atoms with Gasteiger partial charge in [-0.3, -0.25) is 0 Å². The summed E-state index contributed by atoms with van der Waals surface area (Å²) in [7, 11) is 8.16. The van der Waals surface area contributed by atoms with E-state index in [0.717, 1.165) is 0 Å². The minimum absolute atomic E-state index is 0.183. The number of benzene rings is 2. The summed E-state index contributed by atoms with van der Waals surface area (Å²) in [4.78, 5) is 0. The van der Waals surface area contributed by atoms with Crippen LogP contribution in [0, 0.1) is 0 Å². The van der Waals surface area contributed by atoms with Crippen molar-refractivity contribution in [3.63, 3.8) is 0 Å². The quantitative estimate of drug-likeness (QED) is 0.307. The maximum atomic E-state index is 4.93. The van der Waals surface area contributed by atoms with E-state index in [1.54, 1.807) is 22.3 Å². The molecule has 35 heavy (non-hydrogen) atoms. The van der Waals surface area contributed by atoms with Crippen LogP contribution in [0.4, 0.5) is 0 Å². The summed E-state index contributed by atoms with van der Waals surface area (Å²) in [5.41, 5.74) is 16.3. The fourth-order valence-electron chi connectivity index (χ4n) is 6.57. The van der Waals surface area contributed by atoms with Gasteiger partial charge >= 0.3 is 37.9 Å². The molecule has 0 radical (unpaired) electrons. The number of fused-ring (bicyclic) bond motifs is 1. The van der Waals surface area contributed by atoms with Gasteiger partial charge in [0.1, 0.15) is 0 Å². The van der Waals surface area contributed by atoms with E-state index < -0.39 is 28.9 Å². The van der Waals surface area contributed by atoms with Crippen molar-refractivity contribution in [2.24, 2.45) is 0 Å². The summed E-state index contributed by atoms with van der Waals surface area (Å²) in [6.07, 6.45) is 2.49. The molecule has 4 heteroatoms. The zero-order valence-corrected chi connectivity index (χ0v) is 28.0. The Balaban J connectivity index is 0.00000108. The average molecular weight is 603 g/mol.